The van der Waals surface area contributed by atoms with E-state index in [0.29, 0.717) is 5.41 Å². The normalized spacial score (nSPS) is 34.1. The zero-order chi connectivity index (χ0) is 13.3. The minimum Gasteiger partial charge on any atom is -0.306 e. The van der Waals surface area contributed by atoms with Gasteiger partial charge in [-0.2, -0.15) is 0 Å². The van der Waals surface area contributed by atoms with Crippen molar-refractivity contribution in [2.45, 2.75) is 32.1 Å². The Labute approximate surface area is 118 Å². The lowest BCUT2D eigenvalue weighted by Crippen LogP contribution is -2.49. The van der Waals surface area contributed by atoms with Crippen molar-refractivity contribution in [1.29, 1.82) is 0 Å². The van der Waals surface area contributed by atoms with Gasteiger partial charge in [-0.1, -0.05) is 0 Å². The summed E-state index contributed by atoms with van der Waals surface area (Å²) in [5.74, 6) is 0.936. The molecule has 1 unspecified atom stereocenters. The maximum atomic E-state index is 2.80. The molecule has 0 bridgehead atoms. The van der Waals surface area contributed by atoms with E-state index in [-0.39, 0.29) is 0 Å². The number of hydrogen-bond acceptors (Lipinski definition) is 3. The van der Waals surface area contributed by atoms with Crippen LogP contribution in [0.15, 0.2) is 0 Å². The molecular formula is C16H31N3. The van der Waals surface area contributed by atoms with Gasteiger partial charge in [0.1, 0.15) is 0 Å². The van der Waals surface area contributed by atoms with Gasteiger partial charge in [0.25, 0.3) is 0 Å². The average Bonchev–Trinajstić information content (AvgIpc) is 2.79. The van der Waals surface area contributed by atoms with Crippen molar-refractivity contribution in [1.82, 2.24) is 14.7 Å². The molecule has 0 aliphatic carbocycles. The molecule has 0 radical (unpaired) electrons. The molecule has 0 aromatic carbocycles. The van der Waals surface area contributed by atoms with E-state index in [0.717, 1.165) is 5.92 Å². The molecule has 1 atom stereocenters. The Balaban J connectivity index is 1.53. The van der Waals surface area contributed by atoms with Crippen molar-refractivity contribution in [3.8, 4) is 0 Å². The van der Waals surface area contributed by atoms with Gasteiger partial charge in [-0.3, -0.25) is 0 Å². The maximum Gasteiger partial charge on any atom is 0.00391 e. The summed E-state index contributed by atoms with van der Waals surface area (Å²) in [5, 5.41) is 0. The smallest absolute Gasteiger partial charge is 0.00391 e. The lowest BCUT2D eigenvalue weighted by atomic mass is 9.72. The Morgan fingerprint density at radius 1 is 0.947 bits per heavy atom. The molecule has 3 rings (SSSR count). The molecule has 0 saturated carbocycles. The highest BCUT2D eigenvalue weighted by Crippen LogP contribution is 2.39. The fourth-order valence-corrected chi connectivity index (χ4v) is 4.51. The van der Waals surface area contributed by atoms with E-state index in [1.807, 2.05) is 0 Å². The van der Waals surface area contributed by atoms with Crippen molar-refractivity contribution in [3.05, 3.63) is 0 Å². The van der Waals surface area contributed by atoms with Gasteiger partial charge in [0, 0.05) is 19.6 Å². The fourth-order valence-electron chi connectivity index (χ4n) is 4.51. The van der Waals surface area contributed by atoms with E-state index in [1.165, 1.54) is 77.9 Å². The van der Waals surface area contributed by atoms with Crippen LogP contribution in [0.3, 0.4) is 0 Å². The highest BCUT2D eigenvalue weighted by atomic mass is 15.2. The molecule has 0 amide bonds. The monoisotopic (exact) mass is 265 g/mol. The standard InChI is InChI=1S/C16H31N3/c1-17-10-6-16(7-11-17)5-3-8-19(14-16)13-15-4-9-18(2)12-15/h15H,3-14H2,1-2H3. The number of likely N-dealkylation sites (tertiary alicyclic amines) is 3. The Morgan fingerprint density at radius 3 is 2.42 bits per heavy atom. The first-order valence-electron chi connectivity index (χ1n) is 8.25. The van der Waals surface area contributed by atoms with Crippen LogP contribution in [0.2, 0.25) is 0 Å². The van der Waals surface area contributed by atoms with Gasteiger partial charge in [0.2, 0.25) is 0 Å². The van der Waals surface area contributed by atoms with E-state index >= 15 is 0 Å². The molecule has 19 heavy (non-hydrogen) atoms. The molecule has 3 aliphatic heterocycles. The van der Waals surface area contributed by atoms with Gasteiger partial charge in [0.15, 0.2) is 0 Å². The van der Waals surface area contributed by atoms with Crippen molar-refractivity contribution in [3.63, 3.8) is 0 Å². The van der Waals surface area contributed by atoms with E-state index in [9.17, 15) is 0 Å². The molecule has 3 fully saturated rings. The van der Waals surface area contributed by atoms with E-state index < -0.39 is 0 Å². The maximum absolute atomic E-state index is 2.80. The summed E-state index contributed by atoms with van der Waals surface area (Å²) in [6.45, 7) is 9.39. The number of nitrogens with zero attached hydrogens (tertiary/aromatic N) is 3. The molecule has 3 nitrogen and oxygen atoms in total. The molecule has 1 spiro atoms. The summed E-state index contributed by atoms with van der Waals surface area (Å²) in [4.78, 5) is 7.81. The number of hydrogen-bond donors (Lipinski definition) is 0. The minimum absolute atomic E-state index is 0.676. The van der Waals surface area contributed by atoms with Gasteiger partial charge in [0.05, 0.1) is 0 Å². The first-order chi connectivity index (χ1) is 9.15. The fraction of sp³-hybridized carbons (Fsp3) is 1.00. The Hall–Kier alpha value is -0.120. The highest BCUT2D eigenvalue weighted by molar-refractivity contribution is 4.92. The third kappa shape index (κ3) is 3.32. The second-order valence-electron chi connectivity index (χ2n) is 7.56. The molecule has 0 aromatic rings. The SMILES string of the molecule is CN1CCC2(CCCN(CC3CCN(C)C3)C2)CC1. The summed E-state index contributed by atoms with van der Waals surface area (Å²) >= 11 is 0. The van der Waals surface area contributed by atoms with Crippen molar-refractivity contribution < 1.29 is 0 Å². The molecular weight excluding hydrogens is 234 g/mol. The van der Waals surface area contributed by atoms with E-state index in [4.69, 9.17) is 0 Å². The zero-order valence-electron chi connectivity index (χ0n) is 12.9. The first-order valence-corrected chi connectivity index (χ1v) is 8.25. The highest BCUT2D eigenvalue weighted by Gasteiger charge is 2.38. The Bertz CT molecular complexity index is 296. The summed E-state index contributed by atoms with van der Waals surface area (Å²) in [5.41, 5.74) is 0.676. The summed E-state index contributed by atoms with van der Waals surface area (Å²) in [6.07, 6.45) is 7.21. The molecule has 110 valence electrons. The number of piperidine rings is 2. The van der Waals surface area contributed by atoms with Crippen LogP contribution in [0.25, 0.3) is 0 Å². The molecule has 0 aromatic heterocycles. The summed E-state index contributed by atoms with van der Waals surface area (Å²) in [7, 11) is 4.55. The predicted molar refractivity (Wildman–Crippen MR) is 80.4 cm³/mol. The van der Waals surface area contributed by atoms with Gasteiger partial charge < -0.3 is 14.7 Å². The van der Waals surface area contributed by atoms with Crippen LogP contribution in [0.1, 0.15) is 32.1 Å². The van der Waals surface area contributed by atoms with Crippen molar-refractivity contribution in [2.24, 2.45) is 11.3 Å². The third-order valence-corrected chi connectivity index (χ3v) is 5.79. The van der Waals surface area contributed by atoms with Gasteiger partial charge >= 0.3 is 0 Å². The van der Waals surface area contributed by atoms with Crippen LogP contribution in [0.5, 0.6) is 0 Å². The Morgan fingerprint density at radius 2 is 1.74 bits per heavy atom. The summed E-state index contributed by atoms with van der Waals surface area (Å²) < 4.78 is 0. The van der Waals surface area contributed by atoms with Gasteiger partial charge in [-0.25, -0.2) is 0 Å². The van der Waals surface area contributed by atoms with Crippen LogP contribution in [0.4, 0.5) is 0 Å². The van der Waals surface area contributed by atoms with Crippen LogP contribution >= 0.6 is 0 Å². The van der Waals surface area contributed by atoms with Crippen LogP contribution < -0.4 is 0 Å². The molecule has 3 heteroatoms. The average molecular weight is 265 g/mol. The lowest BCUT2D eigenvalue weighted by Gasteiger charge is -2.47. The quantitative estimate of drug-likeness (QED) is 0.753. The second kappa shape index (κ2) is 5.71. The van der Waals surface area contributed by atoms with Crippen LogP contribution in [0, 0.1) is 11.3 Å². The molecule has 0 N–H and O–H groups in total. The van der Waals surface area contributed by atoms with Gasteiger partial charge in [-0.15, -0.1) is 0 Å². The van der Waals surface area contributed by atoms with E-state index in [2.05, 4.69) is 28.8 Å². The molecule has 3 aliphatic rings. The topological polar surface area (TPSA) is 9.72 Å². The van der Waals surface area contributed by atoms with Crippen molar-refractivity contribution in [2.75, 3.05) is 59.9 Å². The zero-order valence-corrected chi connectivity index (χ0v) is 12.9. The van der Waals surface area contributed by atoms with Crippen LogP contribution in [-0.4, -0.2) is 74.6 Å². The lowest BCUT2D eigenvalue weighted by molar-refractivity contribution is 0.0250. The molecule has 3 saturated heterocycles. The third-order valence-electron chi connectivity index (χ3n) is 5.79. The second-order valence-corrected chi connectivity index (χ2v) is 7.56. The summed E-state index contributed by atoms with van der Waals surface area (Å²) in [6, 6.07) is 0. The first kappa shape index (κ1) is 13.8. The minimum atomic E-state index is 0.676. The van der Waals surface area contributed by atoms with Crippen molar-refractivity contribution >= 4 is 0 Å². The predicted octanol–water partition coefficient (Wildman–Crippen LogP) is 1.75. The Kier molecular flexibility index (Phi) is 4.16. The van der Waals surface area contributed by atoms with E-state index in [1.54, 1.807) is 0 Å². The largest absolute Gasteiger partial charge is 0.306 e. The number of rotatable bonds is 2. The molecule has 3 heterocycles. The van der Waals surface area contributed by atoms with Gasteiger partial charge in [-0.05, 0) is 83.7 Å². The van der Waals surface area contributed by atoms with Crippen LogP contribution in [-0.2, 0) is 0 Å².